The lowest BCUT2D eigenvalue weighted by Crippen LogP contribution is -2.43. The molecule has 0 aliphatic heterocycles. The third kappa shape index (κ3) is 5.25. The molecule has 0 fully saturated rings. The molecule has 6 nitrogen and oxygen atoms in total. The van der Waals surface area contributed by atoms with Gasteiger partial charge in [0.1, 0.15) is 23.2 Å². The van der Waals surface area contributed by atoms with Crippen molar-refractivity contribution in [1.82, 2.24) is 15.3 Å². The SMILES string of the molecule is COC(=O)[C@H](Cc1ccc(-c2nc(C)c3ccccc3c2C(F)(F)F)c2ncccc12)NC(=O)c1c(F)cccc1F. The molecule has 0 saturated carbocycles. The van der Waals surface area contributed by atoms with Crippen molar-refractivity contribution < 1.29 is 36.3 Å². The van der Waals surface area contributed by atoms with Gasteiger partial charge in [-0.25, -0.2) is 13.6 Å². The molecule has 5 aromatic rings. The number of pyridine rings is 2. The molecule has 0 aliphatic carbocycles. The summed E-state index contributed by atoms with van der Waals surface area (Å²) in [6.45, 7) is 1.62. The van der Waals surface area contributed by atoms with Crippen LogP contribution >= 0.6 is 0 Å². The van der Waals surface area contributed by atoms with Crippen molar-refractivity contribution in [3.8, 4) is 11.3 Å². The van der Waals surface area contributed by atoms with Crippen LogP contribution in [0.25, 0.3) is 32.9 Å². The number of rotatable bonds is 6. The summed E-state index contributed by atoms with van der Waals surface area (Å²) in [7, 11) is 1.08. The Labute approximate surface area is 236 Å². The van der Waals surface area contributed by atoms with Crippen molar-refractivity contribution in [2.75, 3.05) is 7.11 Å². The summed E-state index contributed by atoms with van der Waals surface area (Å²) < 4.78 is 76.7. The Hall–Kier alpha value is -4.93. The molecule has 0 aliphatic rings. The van der Waals surface area contributed by atoms with E-state index in [1.54, 1.807) is 31.2 Å². The van der Waals surface area contributed by atoms with Gasteiger partial charge in [0.25, 0.3) is 5.91 Å². The van der Waals surface area contributed by atoms with Crippen LogP contribution in [0.2, 0.25) is 0 Å². The molecular formula is C31H22F5N3O3. The number of halogens is 5. The number of nitrogens with one attached hydrogen (secondary N) is 1. The van der Waals surface area contributed by atoms with Crippen LogP contribution in [0.3, 0.4) is 0 Å². The van der Waals surface area contributed by atoms with Crippen LogP contribution in [-0.4, -0.2) is 35.0 Å². The van der Waals surface area contributed by atoms with Gasteiger partial charge in [0.2, 0.25) is 0 Å². The molecule has 2 aromatic heterocycles. The monoisotopic (exact) mass is 579 g/mol. The van der Waals surface area contributed by atoms with Gasteiger partial charge < -0.3 is 10.1 Å². The molecule has 11 heteroatoms. The highest BCUT2D eigenvalue weighted by Crippen LogP contribution is 2.43. The van der Waals surface area contributed by atoms with Crippen LogP contribution in [0, 0.1) is 18.6 Å². The topological polar surface area (TPSA) is 81.2 Å². The lowest BCUT2D eigenvalue weighted by molar-refractivity contribution is -0.142. The first-order chi connectivity index (χ1) is 20.0. The van der Waals surface area contributed by atoms with Gasteiger partial charge in [-0.3, -0.25) is 14.8 Å². The van der Waals surface area contributed by atoms with Crippen LogP contribution in [-0.2, 0) is 22.1 Å². The number of ether oxygens (including phenoxy) is 1. The third-order valence-electron chi connectivity index (χ3n) is 6.91. The number of hydrogen-bond acceptors (Lipinski definition) is 5. The number of amides is 1. The highest BCUT2D eigenvalue weighted by molar-refractivity contribution is 6.00. The van der Waals surface area contributed by atoms with E-state index in [1.807, 2.05) is 0 Å². The minimum absolute atomic E-state index is 0.00509. The molecule has 5 rings (SSSR count). The van der Waals surface area contributed by atoms with E-state index in [9.17, 15) is 31.5 Å². The Kier molecular flexibility index (Phi) is 7.59. The van der Waals surface area contributed by atoms with E-state index < -0.39 is 46.9 Å². The number of nitrogens with zero attached hydrogens (tertiary/aromatic N) is 2. The second-order valence-electron chi connectivity index (χ2n) is 9.49. The number of carbonyl (C=O) groups excluding carboxylic acids is 2. The predicted molar refractivity (Wildman–Crippen MR) is 146 cm³/mol. The molecular weight excluding hydrogens is 557 g/mol. The Bertz CT molecular complexity index is 1840. The zero-order valence-electron chi connectivity index (χ0n) is 22.2. The van der Waals surface area contributed by atoms with Crippen LogP contribution in [0.15, 0.2) is 72.9 Å². The van der Waals surface area contributed by atoms with Gasteiger partial charge in [0, 0.05) is 34.6 Å². The second kappa shape index (κ2) is 11.2. The van der Waals surface area contributed by atoms with Crippen LogP contribution < -0.4 is 5.32 Å². The molecule has 0 radical (unpaired) electrons. The summed E-state index contributed by atoms with van der Waals surface area (Å²) in [6, 6.07) is 13.7. The number of esters is 1. The predicted octanol–water partition coefficient (Wildman–Crippen LogP) is 6.57. The van der Waals surface area contributed by atoms with Crippen molar-refractivity contribution in [2.45, 2.75) is 25.6 Å². The Balaban J connectivity index is 1.62. The van der Waals surface area contributed by atoms with E-state index in [4.69, 9.17) is 4.74 Å². The van der Waals surface area contributed by atoms with E-state index in [-0.39, 0.29) is 28.6 Å². The third-order valence-corrected chi connectivity index (χ3v) is 6.91. The number of fused-ring (bicyclic) bond motifs is 2. The van der Waals surface area contributed by atoms with Crippen molar-refractivity contribution in [1.29, 1.82) is 0 Å². The smallest absolute Gasteiger partial charge is 0.419 e. The fourth-order valence-electron chi connectivity index (χ4n) is 5.01. The number of aromatic nitrogens is 2. The standard InChI is InChI=1S/C31H22F5N3O3/c1-16-18-7-3-4-8-20(18)26(31(34,35)36)28(38-16)21-13-12-17(19-9-6-14-37-27(19)21)15-24(30(41)42-2)39-29(40)25-22(32)10-5-11-23(25)33/h3-14,24H,15H2,1-2H3,(H,39,40)/t24-/m0/s1. The van der Waals surface area contributed by atoms with Crippen molar-refractivity contribution in [3.63, 3.8) is 0 Å². The average molecular weight is 580 g/mol. The van der Waals surface area contributed by atoms with E-state index in [2.05, 4.69) is 15.3 Å². The Morgan fingerprint density at radius 3 is 2.24 bits per heavy atom. The fourth-order valence-corrected chi connectivity index (χ4v) is 5.01. The van der Waals surface area contributed by atoms with Gasteiger partial charge in [-0.2, -0.15) is 13.2 Å². The van der Waals surface area contributed by atoms with Gasteiger partial charge in [-0.1, -0.05) is 48.5 Å². The highest BCUT2D eigenvalue weighted by Gasteiger charge is 2.38. The summed E-state index contributed by atoms with van der Waals surface area (Å²) in [5.41, 5.74) is -0.976. The maximum Gasteiger partial charge on any atom is 0.419 e. The summed E-state index contributed by atoms with van der Waals surface area (Å²) in [5.74, 6) is -4.30. The first-order valence-corrected chi connectivity index (χ1v) is 12.7. The highest BCUT2D eigenvalue weighted by atomic mass is 19.4. The molecule has 0 bridgehead atoms. The molecule has 0 spiro atoms. The number of carbonyl (C=O) groups is 2. The van der Waals surface area contributed by atoms with E-state index in [0.717, 1.165) is 25.3 Å². The van der Waals surface area contributed by atoms with Gasteiger partial charge >= 0.3 is 12.1 Å². The maximum absolute atomic E-state index is 14.5. The lowest BCUT2D eigenvalue weighted by Gasteiger charge is -2.20. The van der Waals surface area contributed by atoms with Crippen molar-refractivity contribution >= 4 is 33.6 Å². The first-order valence-electron chi connectivity index (χ1n) is 12.7. The Morgan fingerprint density at radius 1 is 0.905 bits per heavy atom. The van der Waals surface area contributed by atoms with E-state index in [1.165, 1.54) is 30.5 Å². The second-order valence-corrected chi connectivity index (χ2v) is 9.49. The number of alkyl halides is 3. The zero-order chi connectivity index (χ0) is 30.2. The van der Waals surface area contributed by atoms with E-state index in [0.29, 0.717) is 22.0 Å². The molecule has 42 heavy (non-hydrogen) atoms. The van der Waals surface area contributed by atoms with E-state index >= 15 is 0 Å². The molecule has 1 N–H and O–H groups in total. The number of benzene rings is 3. The normalized spacial score (nSPS) is 12.4. The fraction of sp³-hybridized carbons (Fsp3) is 0.161. The van der Waals surface area contributed by atoms with Crippen molar-refractivity contribution in [2.24, 2.45) is 0 Å². The largest absolute Gasteiger partial charge is 0.467 e. The number of hydrogen-bond donors (Lipinski definition) is 1. The van der Waals surface area contributed by atoms with Crippen LogP contribution in [0.5, 0.6) is 0 Å². The van der Waals surface area contributed by atoms with Crippen LogP contribution in [0.1, 0.15) is 27.2 Å². The van der Waals surface area contributed by atoms with Crippen molar-refractivity contribution in [3.05, 3.63) is 107 Å². The van der Waals surface area contributed by atoms with Gasteiger partial charge in [-0.15, -0.1) is 0 Å². The minimum Gasteiger partial charge on any atom is -0.467 e. The van der Waals surface area contributed by atoms with Gasteiger partial charge in [0.05, 0.1) is 23.9 Å². The summed E-state index contributed by atoms with van der Waals surface area (Å²) in [4.78, 5) is 34.1. The average Bonchev–Trinajstić information content (AvgIpc) is 2.95. The molecule has 0 saturated heterocycles. The zero-order valence-corrected chi connectivity index (χ0v) is 22.2. The summed E-state index contributed by atoms with van der Waals surface area (Å²) in [6.07, 6.45) is -3.54. The molecule has 3 aromatic carbocycles. The molecule has 1 amide bonds. The molecule has 2 heterocycles. The number of aryl methyl sites for hydroxylation is 1. The molecule has 1 atom stereocenters. The summed E-state index contributed by atoms with van der Waals surface area (Å²) in [5, 5.41) is 3.05. The molecule has 214 valence electrons. The van der Waals surface area contributed by atoms with Gasteiger partial charge in [0.15, 0.2) is 0 Å². The maximum atomic E-state index is 14.5. The lowest BCUT2D eigenvalue weighted by atomic mass is 9.93. The molecule has 0 unspecified atom stereocenters. The first kappa shape index (κ1) is 28.6. The summed E-state index contributed by atoms with van der Waals surface area (Å²) >= 11 is 0. The minimum atomic E-state index is -4.74. The van der Waals surface area contributed by atoms with Crippen LogP contribution in [0.4, 0.5) is 22.0 Å². The Morgan fingerprint density at radius 2 is 1.57 bits per heavy atom. The number of methoxy groups -OCH3 is 1. The quantitative estimate of drug-likeness (QED) is 0.182. The van der Waals surface area contributed by atoms with Gasteiger partial charge in [-0.05, 0) is 36.1 Å².